The largest absolute Gasteiger partial charge is 0.477 e. The van der Waals surface area contributed by atoms with Crippen LogP contribution in [0.2, 0.25) is 0 Å². The summed E-state index contributed by atoms with van der Waals surface area (Å²) in [5.41, 5.74) is 0.518. The number of rotatable bonds is 6. The molecule has 1 amide bonds. The number of nitrogens with zero attached hydrogens (tertiary/aromatic N) is 1. The lowest BCUT2D eigenvalue weighted by Crippen LogP contribution is -2.25. The van der Waals surface area contributed by atoms with E-state index in [4.69, 9.17) is 16.7 Å². The fraction of sp³-hybridized carbons (Fsp3) is 0.500. The highest BCUT2D eigenvalue weighted by atomic mass is 35.5. The van der Waals surface area contributed by atoms with Gasteiger partial charge in [0.05, 0.1) is 10.7 Å². The molecule has 0 aliphatic heterocycles. The summed E-state index contributed by atoms with van der Waals surface area (Å²) in [4.78, 5) is 26.3. The molecule has 0 saturated heterocycles. The third kappa shape index (κ3) is 4.32. The van der Waals surface area contributed by atoms with Gasteiger partial charge in [-0.1, -0.05) is 0 Å². The molecule has 1 aromatic heterocycles. The number of aromatic carboxylic acids is 1. The lowest BCUT2D eigenvalue weighted by molar-refractivity contribution is -0.120. The minimum atomic E-state index is -0.961. The quantitative estimate of drug-likeness (QED) is 0.771. The van der Waals surface area contributed by atoms with Crippen molar-refractivity contribution in [2.24, 2.45) is 0 Å². The first kappa shape index (κ1) is 13.9. The number of thiazole rings is 1. The normalized spacial score (nSPS) is 10.2. The van der Waals surface area contributed by atoms with E-state index in [9.17, 15) is 9.59 Å². The summed E-state index contributed by atoms with van der Waals surface area (Å²) in [6.45, 7) is 2.11. The number of alkyl halides is 1. The number of carbonyl (C=O) groups is 2. The van der Waals surface area contributed by atoms with E-state index in [-0.39, 0.29) is 10.8 Å². The third-order valence-electron chi connectivity index (χ3n) is 2.02. The second kappa shape index (κ2) is 6.56. The van der Waals surface area contributed by atoms with E-state index in [2.05, 4.69) is 10.3 Å². The first-order valence-corrected chi connectivity index (χ1v) is 6.42. The van der Waals surface area contributed by atoms with Crippen molar-refractivity contribution in [3.05, 3.63) is 15.6 Å². The number of nitrogens with one attached hydrogen (secondary N) is 1. The molecule has 0 radical (unpaired) electrons. The number of carbonyl (C=O) groups excluding carboxylic acids is 1. The molecule has 1 aromatic rings. The Labute approximate surface area is 108 Å². The molecule has 17 heavy (non-hydrogen) atoms. The Morgan fingerprint density at radius 2 is 2.24 bits per heavy atom. The number of hydrogen-bond acceptors (Lipinski definition) is 4. The molecule has 7 heteroatoms. The Kier molecular flexibility index (Phi) is 5.37. The van der Waals surface area contributed by atoms with Crippen molar-refractivity contribution in [3.63, 3.8) is 0 Å². The summed E-state index contributed by atoms with van der Waals surface area (Å²) in [5, 5.41) is 12.2. The van der Waals surface area contributed by atoms with Gasteiger partial charge in [0.25, 0.3) is 0 Å². The maximum atomic E-state index is 11.1. The van der Waals surface area contributed by atoms with E-state index >= 15 is 0 Å². The van der Waals surface area contributed by atoms with Crippen LogP contribution in [0.4, 0.5) is 0 Å². The molecule has 94 valence electrons. The molecule has 1 heterocycles. The van der Waals surface area contributed by atoms with Gasteiger partial charge in [-0.3, -0.25) is 4.79 Å². The second-order valence-electron chi connectivity index (χ2n) is 3.37. The van der Waals surface area contributed by atoms with Crippen LogP contribution < -0.4 is 5.32 Å². The van der Waals surface area contributed by atoms with Crippen LogP contribution in [0.25, 0.3) is 0 Å². The molecule has 0 aliphatic carbocycles. The summed E-state index contributed by atoms with van der Waals surface area (Å²) < 4.78 is 0. The predicted octanol–water partition coefficient (Wildman–Crippen LogP) is 1.44. The maximum absolute atomic E-state index is 11.1. The summed E-state index contributed by atoms with van der Waals surface area (Å²) in [6, 6.07) is 0. The maximum Gasteiger partial charge on any atom is 0.347 e. The van der Waals surface area contributed by atoms with Crippen LogP contribution in [-0.2, 0) is 11.2 Å². The van der Waals surface area contributed by atoms with Gasteiger partial charge < -0.3 is 10.4 Å². The molecule has 0 bridgehead atoms. The lowest BCUT2D eigenvalue weighted by Gasteiger charge is -2.01. The Hall–Kier alpha value is -1.14. The van der Waals surface area contributed by atoms with Gasteiger partial charge in [0.1, 0.15) is 4.88 Å². The lowest BCUT2D eigenvalue weighted by atomic mass is 10.4. The van der Waals surface area contributed by atoms with Crippen LogP contribution in [0.5, 0.6) is 0 Å². The van der Waals surface area contributed by atoms with Crippen LogP contribution in [0, 0.1) is 6.92 Å². The molecular weight excluding hydrogens is 264 g/mol. The highest BCUT2D eigenvalue weighted by molar-refractivity contribution is 7.13. The minimum absolute atomic E-state index is 0.105. The van der Waals surface area contributed by atoms with Gasteiger partial charge in [0.2, 0.25) is 5.91 Å². The third-order valence-corrected chi connectivity index (χ3v) is 3.41. The van der Waals surface area contributed by atoms with Gasteiger partial charge in [0.15, 0.2) is 0 Å². The Bertz CT molecular complexity index is 420. The molecular formula is C10H13ClN2O3S. The highest BCUT2D eigenvalue weighted by Crippen LogP contribution is 2.17. The molecule has 5 nitrogen and oxygen atoms in total. The number of halogens is 1. The number of hydrogen-bond donors (Lipinski definition) is 2. The Morgan fingerprint density at radius 1 is 1.53 bits per heavy atom. The van der Waals surface area contributed by atoms with Gasteiger partial charge in [0, 0.05) is 25.3 Å². The molecule has 0 fully saturated rings. The zero-order valence-electron chi connectivity index (χ0n) is 9.33. The smallest absolute Gasteiger partial charge is 0.347 e. The number of aryl methyl sites for hydroxylation is 1. The molecule has 0 aromatic carbocycles. The monoisotopic (exact) mass is 276 g/mol. The van der Waals surface area contributed by atoms with Gasteiger partial charge in [-0.2, -0.15) is 0 Å². The Balaban J connectivity index is 2.45. The Morgan fingerprint density at radius 3 is 2.76 bits per heavy atom. The summed E-state index contributed by atoms with van der Waals surface area (Å²) in [6.07, 6.45) is 0.825. The summed E-state index contributed by atoms with van der Waals surface area (Å²) in [7, 11) is 0. The highest BCUT2D eigenvalue weighted by Gasteiger charge is 2.13. The average Bonchev–Trinajstić information content (AvgIpc) is 2.60. The summed E-state index contributed by atoms with van der Waals surface area (Å²) >= 11 is 6.56. The van der Waals surface area contributed by atoms with E-state index in [1.165, 1.54) is 0 Å². The van der Waals surface area contributed by atoms with E-state index in [0.717, 1.165) is 11.3 Å². The van der Waals surface area contributed by atoms with Gasteiger partial charge in [-0.25, -0.2) is 9.78 Å². The number of aromatic nitrogens is 1. The van der Waals surface area contributed by atoms with Crippen LogP contribution in [0.1, 0.15) is 26.8 Å². The van der Waals surface area contributed by atoms with Crippen molar-refractivity contribution in [1.82, 2.24) is 10.3 Å². The molecule has 0 saturated carbocycles. The zero-order chi connectivity index (χ0) is 12.8. The van der Waals surface area contributed by atoms with Crippen molar-refractivity contribution >= 4 is 34.8 Å². The van der Waals surface area contributed by atoms with Crippen molar-refractivity contribution in [2.75, 3.05) is 12.4 Å². The molecule has 0 aliphatic rings. The van der Waals surface area contributed by atoms with E-state index < -0.39 is 5.97 Å². The number of amides is 1. The van der Waals surface area contributed by atoms with Gasteiger partial charge in [-0.05, 0) is 6.92 Å². The number of carboxylic acid groups (broad SMARTS) is 1. The fourth-order valence-electron chi connectivity index (χ4n) is 1.24. The van der Waals surface area contributed by atoms with E-state index in [1.807, 2.05) is 0 Å². The standard InChI is InChI=1S/C10H13ClN2O3S/c1-6-9(10(15)16)17-8(13-6)3-5-12-7(14)2-4-11/h2-5H2,1H3,(H,12,14)(H,15,16). The van der Waals surface area contributed by atoms with Gasteiger partial charge >= 0.3 is 5.97 Å². The van der Waals surface area contributed by atoms with Crippen LogP contribution in [0.3, 0.4) is 0 Å². The van der Waals surface area contributed by atoms with Crippen LogP contribution >= 0.6 is 22.9 Å². The first-order valence-electron chi connectivity index (χ1n) is 5.07. The van der Waals surface area contributed by atoms with Crippen LogP contribution in [-0.4, -0.2) is 34.4 Å². The van der Waals surface area contributed by atoms with Crippen LogP contribution in [0.15, 0.2) is 0 Å². The van der Waals surface area contributed by atoms with Crippen molar-refractivity contribution in [2.45, 2.75) is 19.8 Å². The molecule has 1 rings (SSSR count). The van der Waals surface area contributed by atoms with E-state index in [1.54, 1.807) is 6.92 Å². The first-order chi connectivity index (χ1) is 8.04. The molecule has 0 spiro atoms. The molecule has 2 N–H and O–H groups in total. The van der Waals surface area contributed by atoms with Crippen molar-refractivity contribution < 1.29 is 14.7 Å². The van der Waals surface area contributed by atoms with Crippen molar-refractivity contribution in [3.8, 4) is 0 Å². The number of carboxylic acids is 1. The van der Waals surface area contributed by atoms with Gasteiger partial charge in [-0.15, -0.1) is 22.9 Å². The SMILES string of the molecule is Cc1nc(CCNC(=O)CCCl)sc1C(=O)O. The average molecular weight is 277 g/mol. The van der Waals surface area contributed by atoms with Crippen molar-refractivity contribution in [1.29, 1.82) is 0 Å². The fourth-order valence-corrected chi connectivity index (χ4v) is 2.32. The topological polar surface area (TPSA) is 79.3 Å². The second-order valence-corrected chi connectivity index (χ2v) is 4.83. The molecule has 0 atom stereocenters. The molecule has 0 unspecified atom stereocenters. The predicted molar refractivity (Wildman–Crippen MR) is 65.9 cm³/mol. The zero-order valence-corrected chi connectivity index (χ0v) is 10.9. The van der Waals surface area contributed by atoms with E-state index in [0.29, 0.717) is 36.0 Å². The summed E-state index contributed by atoms with van der Waals surface area (Å²) in [5.74, 6) is -0.769. The minimum Gasteiger partial charge on any atom is -0.477 e.